The van der Waals surface area contributed by atoms with Crippen molar-refractivity contribution in [1.29, 1.82) is 0 Å². The predicted molar refractivity (Wildman–Crippen MR) is 87.6 cm³/mol. The second-order valence-corrected chi connectivity index (χ2v) is 8.06. The fraction of sp³-hybridized carbons (Fsp3) is 0.625. The molecule has 122 valence electrons. The lowest BCUT2D eigenvalue weighted by atomic mass is 10.1. The molecule has 1 aromatic heterocycles. The zero-order valence-electron chi connectivity index (χ0n) is 13.8. The third-order valence-electron chi connectivity index (χ3n) is 3.37. The van der Waals surface area contributed by atoms with Crippen LogP contribution in [-0.4, -0.2) is 39.4 Å². The lowest BCUT2D eigenvalue weighted by Gasteiger charge is -2.32. The zero-order chi connectivity index (χ0) is 16.5. The first kappa shape index (κ1) is 16.9. The molecule has 2 unspecified atom stereocenters. The standard InChI is InChI=1S/C16H24N2O3S/c1-10(2)15-18(14(20)12-7-6-8-21-12)11(9-22-15)13(19)17-16(3,4)5/h6-8,10-11,15H,9H2,1-5H3,(H,17,19). The Morgan fingerprint density at radius 2 is 2.09 bits per heavy atom. The molecule has 1 aliphatic rings. The number of carbonyl (C=O) groups excluding carboxylic acids is 2. The molecule has 2 atom stereocenters. The summed E-state index contributed by atoms with van der Waals surface area (Å²) in [4.78, 5) is 27.0. The number of amides is 2. The van der Waals surface area contributed by atoms with Crippen molar-refractivity contribution in [2.24, 2.45) is 5.92 Å². The summed E-state index contributed by atoms with van der Waals surface area (Å²) in [6.45, 7) is 9.93. The van der Waals surface area contributed by atoms with Crippen molar-refractivity contribution in [2.75, 3.05) is 5.75 Å². The third kappa shape index (κ3) is 3.66. The zero-order valence-corrected chi connectivity index (χ0v) is 14.6. The van der Waals surface area contributed by atoms with Gasteiger partial charge in [0.2, 0.25) is 5.91 Å². The fourth-order valence-corrected chi connectivity index (χ4v) is 3.96. The normalized spacial score (nSPS) is 22.2. The molecule has 1 saturated heterocycles. The fourth-order valence-electron chi connectivity index (χ4n) is 2.48. The molecule has 1 fully saturated rings. The van der Waals surface area contributed by atoms with Gasteiger partial charge in [-0.05, 0) is 38.8 Å². The summed E-state index contributed by atoms with van der Waals surface area (Å²) in [5.41, 5.74) is -0.322. The molecule has 2 amide bonds. The number of furan rings is 1. The van der Waals surface area contributed by atoms with E-state index in [-0.39, 0.29) is 34.4 Å². The Morgan fingerprint density at radius 1 is 1.41 bits per heavy atom. The van der Waals surface area contributed by atoms with Crippen molar-refractivity contribution in [3.63, 3.8) is 0 Å². The Balaban J connectivity index is 2.25. The monoisotopic (exact) mass is 324 g/mol. The number of hydrogen-bond donors (Lipinski definition) is 1. The molecule has 1 aliphatic heterocycles. The molecule has 1 N–H and O–H groups in total. The highest BCUT2D eigenvalue weighted by atomic mass is 32.2. The molecule has 2 heterocycles. The number of rotatable bonds is 3. The summed E-state index contributed by atoms with van der Waals surface area (Å²) in [5, 5.41) is 2.95. The Hall–Kier alpha value is -1.43. The molecule has 1 aromatic rings. The molecule has 0 radical (unpaired) electrons. The van der Waals surface area contributed by atoms with Gasteiger partial charge in [-0.25, -0.2) is 0 Å². The third-order valence-corrected chi connectivity index (χ3v) is 4.99. The summed E-state index contributed by atoms with van der Waals surface area (Å²) < 4.78 is 5.23. The highest BCUT2D eigenvalue weighted by Gasteiger charge is 2.44. The van der Waals surface area contributed by atoms with Crippen LogP contribution >= 0.6 is 11.8 Å². The van der Waals surface area contributed by atoms with Crippen molar-refractivity contribution < 1.29 is 14.0 Å². The van der Waals surface area contributed by atoms with Gasteiger partial charge in [0.1, 0.15) is 6.04 Å². The number of nitrogens with zero attached hydrogens (tertiary/aromatic N) is 1. The molecule has 2 rings (SSSR count). The molecule has 0 bridgehead atoms. The minimum Gasteiger partial charge on any atom is -0.459 e. The Morgan fingerprint density at radius 3 is 2.59 bits per heavy atom. The highest BCUT2D eigenvalue weighted by molar-refractivity contribution is 8.00. The van der Waals surface area contributed by atoms with E-state index in [2.05, 4.69) is 19.2 Å². The Labute approximate surface area is 135 Å². The van der Waals surface area contributed by atoms with Gasteiger partial charge in [0.15, 0.2) is 5.76 Å². The van der Waals surface area contributed by atoms with Crippen molar-refractivity contribution in [1.82, 2.24) is 10.2 Å². The summed E-state index contributed by atoms with van der Waals surface area (Å²) >= 11 is 1.65. The van der Waals surface area contributed by atoms with Crippen molar-refractivity contribution in [2.45, 2.75) is 51.6 Å². The lowest BCUT2D eigenvalue weighted by Crippen LogP contribution is -2.54. The molecular formula is C16H24N2O3S. The maximum atomic E-state index is 12.7. The first-order chi connectivity index (χ1) is 10.2. The van der Waals surface area contributed by atoms with E-state index in [9.17, 15) is 9.59 Å². The van der Waals surface area contributed by atoms with Crippen LogP contribution in [0, 0.1) is 5.92 Å². The number of carbonyl (C=O) groups is 2. The molecule has 5 nitrogen and oxygen atoms in total. The van der Waals surface area contributed by atoms with E-state index in [4.69, 9.17) is 4.42 Å². The van der Waals surface area contributed by atoms with Gasteiger partial charge in [0.05, 0.1) is 11.6 Å². The summed E-state index contributed by atoms with van der Waals surface area (Å²) in [6, 6.07) is 2.86. The van der Waals surface area contributed by atoms with Crippen LogP contribution in [0.2, 0.25) is 0 Å². The van der Waals surface area contributed by atoms with Crippen LogP contribution in [-0.2, 0) is 4.79 Å². The van der Waals surface area contributed by atoms with Crippen LogP contribution in [0.1, 0.15) is 45.2 Å². The van der Waals surface area contributed by atoms with Gasteiger partial charge in [-0.3, -0.25) is 9.59 Å². The SMILES string of the molecule is CC(C)C1SCC(C(=O)NC(C)(C)C)N1C(=O)c1ccco1. The van der Waals surface area contributed by atoms with E-state index in [0.717, 1.165) is 0 Å². The topological polar surface area (TPSA) is 62.6 Å². The predicted octanol–water partition coefficient (Wildman–Crippen LogP) is 2.73. The minimum absolute atomic E-state index is 0.0201. The second kappa shape index (κ2) is 6.36. The smallest absolute Gasteiger partial charge is 0.291 e. The first-order valence-electron chi connectivity index (χ1n) is 7.50. The van der Waals surface area contributed by atoms with E-state index in [0.29, 0.717) is 5.75 Å². The number of thioether (sulfide) groups is 1. The molecule has 0 aliphatic carbocycles. The van der Waals surface area contributed by atoms with Gasteiger partial charge in [0.25, 0.3) is 5.91 Å². The van der Waals surface area contributed by atoms with Gasteiger partial charge in [0, 0.05) is 11.3 Å². The molecule has 6 heteroatoms. The van der Waals surface area contributed by atoms with Crippen molar-refractivity contribution in [3.8, 4) is 0 Å². The van der Waals surface area contributed by atoms with Gasteiger partial charge < -0.3 is 14.6 Å². The minimum atomic E-state index is -0.464. The number of hydrogen-bond acceptors (Lipinski definition) is 4. The van der Waals surface area contributed by atoms with Crippen LogP contribution < -0.4 is 5.32 Å². The van der Waals surface area contributed by atoms with E-state index in [1.165, 1.54) is 6.26 Å². The maximum absolute atomic E-state index is 12.7. The second-order valence-electron chi connectivity index (χ2n) is 6.91. The largest absolute Gasteiger partial charge is 0.459 e. The lowest BCUT2D eigenvalue weighted by molar-refractivity contribution is -0.126. The van der Waals surface area contributed by atoms with E-state index >= 15 is 0 Å². The quantitative estimate of drug-likeness (QED) is 0.928. The van der Waals surface area contributed by atoms with Crippen molar-refractivity contribution >= 4 is 23.6 Å². The molecular weight excluding hydrogens is 300 g/mol. The summed E-state index contributed by atoms with van der Waals surface area (Å²) in [5.74, 6) is 0.820. The first-order valence-corrected chi connectivity index (χ1v) is 8.55. The van der Waals surface area contributed by atoms with Crippen LogP contribution in [0.4, 0.5) is 0 Å². The van der Waals surface area contributed by atoms with E-state index in [1.54, 1.807) is 28.8 Å². The summed E-state index contributed by atoms with van der Waals surface area (Å²) in [7, 11) is 0. The maximum Gasteiger partial charge on any atom is 0.291 e. The average Bonchev–Trinajstić information content (AvgIpc) is 3.05. The van der Waals surface area contributed by atoms with E-state index in [1.807, 2.05) is 20.8 Å². The van der Waals surface area contributed by atoms with Gasteiger partial charge in [-0.1, -0.05) is 13.8 Å². The van der Waals surface area contributed by atoms with Crippen molar-refractivity contribution in [3.05, 3.63) is 24.2 Å². The molecule has 0 saturated carbocycles. The average molecular weight is 324 g/mol. The van der Waals surface area contributed by atoms with Gasteiger partial charge in [-0.2, -0.15) is 0 Å². The van der Waals surface area contributed by atoms with Gasteiger partial charge in [-0.15, -0.1) is 11.8 Å². The molecule has 0 aromatic carbocycles. The van der Waals surface area contributed by atoms with E-state index < -0.39 is 6.04 Å². The number of nitrogens with one attached hydrogen (secondary N) is 1. The van der Waals surface area contributed by atoms with Crippen LogP contribution in [0.15, 0.2) is 22.8 Å². The summed E-state index contributed by atoms with van der Waals surface area (Å²) in [6.07, 6.45) is 1.48. The Bertz CT molecular complexity index is 534. The van der Waals surface area contributed by atoms with Crippen LogP contribution in [0.3, 0.4) is 0 Å². The van der Waals surface area contributed by atoms with Crippen LogP contribution in [0.25, 0.3) is 0 Å². The Kier molecular flexibility index (Phi) is 4.90. The molecule has 0 spiro atoms. The molecule has 22 heavy (non-hydrogen) atoms. The van der Waals surface area contributed by atoms with Crippen LogP contribution in [0.5, 0.6) is 0 Å². The highest BCUT2D eigenvalue weighted by Crippen LogP contribution is 2.35. The van der Waals surface area contributed by atoms with Gasteiger partial charge >= 0.3 is 0 Å².